The molecule has 0 heterocycles. The molecule has 0 saturated carbocycles. The molecule has 0 amide bonds. The monoisotopic (exact) mass is 288 g/mol. The zero-order valence-corrected chi connectivity index (χ0v) is 11.3. The molecule has 0 aliphatic heterocycles. The lowest BCUT2D eigenvalue weighted by Gasteiger charge is -2.18. The van der Waals surface area contributed by atoms with Gasteiger partial charge in [-0.05, 0) is 39.9 Å². The number of aliphatic hydroxyl groups is 1. The van der Waals surface area contributed by atoms with Crippen LogP contribution in [-0.2, 0) is 0 Å². The van der Waals surface area contributed by atoms with E-state index in [1.165, 1.54) is 6.07 Å². The van der Waals surface area contributed by atoms with Crippen molar-refractivity contribution < 1.29 is 9.50 Å². The maximum absolute atomic E-state index is 13.3. The molecular weight excluding hydrogens is 271 g/mol. The lowest BCUT2D eigenvalue weighted by Crippen LogP contribution is -2.07. The molecule has 1 nitrogen and oxygen atoms in total. The van der Waals surface area contributed by atoms with E-state index in [1.807, 2.05) is 0 Å². The van der Waals surface area contributed by atoms with E-state index in [4.69, 9.17) is 0 Å². The minimum Gasteiger partial charge on any atom is -0.388 e. The van der Waals surface area contributed by atoms with Crippen LogP contribution in [0.3, 0.4) is 0 Å². The van der Waals surface area contributed by atoms with Gasteiger partial charge in [-0.25, -0.2) is 4.39 Å². The largest absolute Gasteiger partial charge is 0.388 e. The van der Waals surface area contributed by atoms with E-state index >= 15 is 0 Å². The first-order chi connectivity index (χ1) is 7.60. The maximum Gasteiger partial charge on any atom is 0.137 e. The Bertz CT molecular complexity index is 337. The summed E-state index contributed by atoms with van der Waals surface area (Å²) in [5, 5.41) is 10.1. The van der Waals surface area contributed by atoms with Crippen molar-refractivity contribution in [2.45, 2.75) is 39.2 Å². The topological polar surface area (TPSA) is 20.2 Å². The Morgan fingerprint density at radius 3 is 2.50 bits per heavy atom. The van der Waals surface area contributed by atoms with Crippen LogP contribution in [0.5, 0.6) is 0 Å². The van der Waals surface area contributed by atoms with Gasteiger partial charge in [-0.1, -0.05) is 38.8 Å². The van der Waals surface area contributed by atoms with Crippen molar-refractivity contribution in [2.75, 3.05) is 0 Å². The first-order valence-corrected chi connectivity index (χ1v) is 6.51. The summed E-state index contributed by atoms with van der Waals surface area (Å²) in [6.07, 6.45) is 2.19. The van der Waals surface area contributed by atoms with E-state index in [-0.39, 0.29) is 5.82 Å². The summed E-state index contributed by atoms with van der Waals surface area (Å²) in [6.45, 7) is 4.23. The first kappa shape index (κ1) is 13.7. The highest BCUT2D eigenvalue weighted by molar-refractivity contribution is 9.10. The molecular formula is C13H18BrFO. The van der Waals surface area contributed by atoms with Crippen LogP contribution in [0.25, 0.3) is 0 Å². The van der Waals surface area contributed by atoms with Crippen LogP contribution >= 0.6 is 15.9 Å². The SMILES string of the molecule is CCC(CC)CC(O)c1cccc(F)c1Br. The molecule has 0 spiro atoms. The highest BCUT2D eigenvalue weighted by Gasteiger charge is 2.17. The summed E-state index contributed by atoms with van der Waals surface area (Å²) in [6, 6.07) is 4.78. The normalized spacial score (nSPS) is 13.1. The molecule has 1 rings (SSSR count). The molecule has 0 radical (unpaired) electrons. The minimum atomic E-state index is -0.588. The van der Waals surface area contributed by atoms with Crippen molar-refractivity contribution in [3.8, 4) is 0 Å². The van der Waals surface area contributed by atoms with E-state index in [1.54, 1.807) is 12.1 Å². The smallest absolute Gasteiger partial charge is 0.137 e. The average Bonchev–Trinajstić information content (AvgIpc) is 2.29. The van der Waals surface area contributed by atoms with Crippen molar-refractivity contribution in [1.82, 2.24) is 0 Å². The number of halogens is 2. The predicted octanol–water partition coefficient (Wildman–Crippen LogP) is 4.45. The van der Waals surface area contributed by atoms with Crippen LogP contribution in [0, 0.1) is 11.7 Å². The van der Waals surface area contributed by atoms with Gasteiger partial charge in [0, 0.05) is 0 Å². The summed E-state index contributed by atoms with van der Waals surface area (Å²) in [7, 11) is 0. The first-order valence-electron chi connectivity index (χ1n) is 5.72. The van der Waals surface area contributed by atoms with Gasteiger partial charge in [-0.3, -0.25) is 0 Å². The van der Waals surface area contributed by atoms with Gasteiger partial charge in [-0.15, -0.1) is 0 Å². The van der Waals surface area contributed by atoms with Crippen LogP contribution in [0.1, 0.15) is 44.8 Å². The van der Waals surface area contributed by atoms with Crippen LogP contribution < -0.4 is 0 Å². The summed E-state index contributed by atoms with van der Waals surface area (Å²) < 4.78 is 13.7. The van der Waals surface area contributed by atoms with Gasteiger partial charge in [0.2, 0.25) is 0 Å². The van der Waals surface area contributed by atoms with Crippen molar-refractivity contribution >= 4 is 15.9 Å². The molecule has 0 bridgehead atoms. The summed E-state index contributed by atoms with van der Waals surface area (Å²) in [4.78, 5) is 0. The molecule has 3 heteroatoms. The van der Waals surface area contributed by atoms with E-state index in [0.717, 1.165) is 12.8 Å². The minimum absolute atomic E-state index is 0.318. The molecule has 0 aliphatic carbocycles. The number of benzene rings is 1. The second-order valence-corrected chi connectivity index (χ2v) is 4.87. The fourth-order valence-corrected chi connectivity index (χ4v) is 2.37. The molecule has 0 aromatic heterocycles. The maximum atomic E-state index is 13.3. The van der Waals surface area contributed by atoms with Gasteiger partial charge in [0.25, 0.3) is 0 Å². The highest BCUT2D eigenvalue weighted by atomic mass is 79.9. The molecule has 1 aromatic carbocycles. The quantitative estimate of drug-likeness (QED) is 0.849. The van der Waals surface area contributed by atoms with E-state index in [0.29, 0.717) is 22.4 Å². The molecule has 1 unspecified atom stereocenters. The molecule has 0 saturated heterocycles. The molecule has 90 valence electrons. The number of aliphatic hydroxyl groups excluding tert-OH is 1. The Kier molecular flexibility index (Phi) is 5.42. The Balaban J connectivity index is 2.80. The predicted molar refractivity (Wildman–Crippen MR) is 67.7 cm³/mol. The van der Waals surface area contributed by atoms with Gasteiger partial charge in [0.05, 0.1) is 10.6 Å². The average molecular weight is 289 g/mol. The van der Waals surface area contributed by atoms with Crippen molar-refractivity contribution in [3.63, 3.8) is 0 Å². The Morgan fingerprint density at radius 2 is 1.94 bits per heavy atom. The molecule has 1 atom stereocenters. The van der Waals surface area contributed by atoms with Crippen molar-refractivity contribution in [3.05, 3.63) is 34.1 Å². The molecule has 1 N–H and O–H groups in total. The standard InChI is InChI=1S/C13H18BrFO/c1-3-9(4-2)8-12(16)10-6-5-7-11(15)13(10)14/h5-7,9,12,16H,3-4,8H2,1-2H3. The van der Waals surface area contributed by atoms with Crippen LogP contribution in [-0.4, -0.2) is 5.11 Å². The number of hydrogen-bond acceptors (Lipinski definition) is 1. The lowest BCUT2D eigenvalue weighted by molar-refractivity contribution is 0.140. The van der Waals surface area contributed by atoms with Gasteiger partial charge in [0.15, 0.2) is 0 Å². The van der Waals surface area contributed by atoms with Gasteiger partial charge in [0.1, 0.15) is 5.82 Å². The third kappa shape index (κ3) is 3.29. The third-order valence-corrected chi connectivity index (χ3v) is 3.89. The summed E-state index contributed by atoms with van der Waals surface area (Å²) in [5.41, 5.74) is 0.645. The lowest BCUT2D eigenvalue weighted by atomic mass is 9.93. The van der Waals surface area contributed by atoms with Crippen LogP contribution in [0.15, 0.2) is 22.7 Å². The molecule has 0 fully saturated rings. The summed E-state index contributed by atoms with van der Waals surface area (Å²) in [5.74, 6) is 0.172. The molecule has 1 aromatic rings. The van der Waals surface area contributed by atoms with Gasteiger partial charge >= 0.3 is 0 Å². The second kappa shape index (κ2) is 6.36. The second-order valence-electron chi connectivity index (χ2n) is 4.08. The van der Waals surface area contributed by atoms with Gasteiger partial charge < -0.3 is 5.11 Å². The number of hydrogen-bond donors (Lipinski definition) is 1. The Labute approximate surface area is 105 Å². The highest BCUT2D eigenvalue weighted by Crippen LogP contribution is 2.31. The molecule has 0 aliphatic rings. The summed E-state index contributed by atoms with van der Waals surface area (Å²) >= 11 is 3.18. The third-order valence-electron chi connectivity index (χ3n) is 3.05. The zero-order valence-electron chi connectivity index (χ0n) is 9.71. The van der Waals surface area contributed by atoms with Crippen molar-refractivity contribution in [1.29, 1.82) is 0 Å². The fourth-order valence-electron chi connectivity index (χ4n) is 1.84. The Hall–Kier alpha value is -0.410. The van der Waals surface area contributed by atoms with Crippen LogP contribution in [0.4, 0.5) is 4.39 Å². The fraction of sp³-hybridized carbons (Fsp3) is 0.538. The van der Waals surface area contributed by atoms with Crippen LogP contribution in [0.2, 0.25) is 0 Å². The molecule has 16 heavy (non-hydrogen) atoms. The van der Waals surface area contributed by atoms with Gasteiger partial charge in [-0.2, -0.15) is 0 Å². The number of rotatable bonds is 5. The zero-order chi connectivity index (χ0) is 12.1. The van der Waals surface area contributed by atoms with E-state index < -0.39 is 6.10 Å². The Morgan fingerprint density at radius 1 is 1.31 bits per heavy atom. The van der Waals surface area contributed by atoms with E-state index in [9.17, 15) is 9.50 Å². The van der Waals surface area contributed by atoms with E-state index in [2.05, 4.69) is 29.8 Å². The van der Waals surface area contributed by atoms with Crippen molar-refractivity contribution in [2.24, 2.45) is 5.92 Å².